The molecular weight excluding hydrogens is 771 g/mol. The molecule has 0 saturated heterocycles. The second-order valence-electron chi connectivity index (χ2n) is 15.7. The minimum Gasteiger partial charge on any atom is -0.455 e. The SMILES string of the molecule is [2H]c1c([2H])c([2H])c(-c2nc(-c3cc(-n4c5ccccc5c5ccccc54)cc4c3oc3ccc(-c5ccccc5)cc34)nc(-n3c4ccccc4c4ccc(-c5ccccc5)cc43)n2)c([2H])c1[2H]. The summed E-state index contributed by atoms with van der Waals surface area (Å²) in [5, 5.41) is 5.84. The number of hydrogen-bond acceptors (Lipinski definition) is 4. The van der Waals surface area contributed by atoms with Gasteiger partial charge in [0.2, 0.25) is 5.95 Å². The van der Waals surface area contributed by atoms with E-state index in [0.29, 0.717) is 16.7 Å². The van der Waals surface area contributed by atoms with Crippen LogP contribution in [-0.2, 0) is 0 Å². The van der Waals surface area contributed by atoms with Crippen LogP contribution in [-0.4, -0.2) is 24.1 Å². The van der Waals surface area contributed by atoms with Crippen LogP contribution < -0.4 is 0 Å². The van der Waals surface area contributed by atoms with Gasteiger partial charge in [-0.15, -0.1) is 0 Å². The molecule has 13 aromatic rings. The van der Waals surface area contributed by atoms with E-state index >= 15 is 0 Å². The summed E-state index contributed by atoms with van der Waals surface area (Å²) >= 11 is 0. The Labute approximate surface area is 368 Å². The van der Waals surface area contributed by atoms with Crippen molar-refractivity contribution in [1.29, 1.82) is 0 Å². The molecule has 0 radical (unpaired) electrons. The summed E-state index contributed by atoms with van der Waals surface area (Å²) in [5.41, 5.74) is 10.2. The molecule has 0 aliphatic carbocycles. The molecule has 0 unspecified atom stereocenters. The molecule has 0 saturated carbocycles. The molecule has 0 aliphatic heterocycles. The molecule has 6 nitrogen and oxygen atoms in total. The highest BCUT2D eigenvalue weighted by molar-refractivity contribution is 6.14. The van der Waals surface area contributed by atoms with E-state index in [1.54, 1.807) is 0 Å². The average molecular weight is 811 g/mol. The molecular formula is C57H35N5O. The molecule has 0 fully saturated rings. The maximum absolute atomic E-state index is 9.15. The predicted octanol–water partition coefficient (Wildman–Crippen LogP) is 14.6. The third kappa shape index (κ3) is 5.62. The zero-order chi connectivity index (χ0) is 45.8. The van der Waals surface area contributed by atoms with Crippen molar-refractivity contribution in [2.45, 2.75) is 0 Å². The highest BCUT2D eigenvalue weighted by Gasteiger charge is 2.23. The van der Waals surface area contributed by atoms with Crippen LogP contribution in [0, 0.1) is 0 Å². The van der Waals surface area contributed by atoms with Crippen molar-refractivity contribution in [3.05, 3.63) is 212 Å². The van der Waals surface area contributed by atoms with Crippen LogP contribution in [0.2, 0.25) is 0 Å². The number of benzene rings is 9. The van der Waals surface area contributed by atoms with Crippen molar-refractivity contribution in [3.63, 3.8) is 0 Å². The molecule has 294 valence electrons. The Morgan fingerprint density at radius 1 is 0.381 bits per heavy atom. The highest BCUT2D eigenvalue weighted by atomic mass is 16.3. The van der Waals surface area contributed by atoms with E-state index in [-0.39, 0.29) is 23.2 Å². The lowest BCUT2D eigenvalue weighted by Crippen LogP contribution is -2.07. The van der Waals surface area contributed by atoms with Crippen molar-refractivity contribution in [2.24, 2.45) is 0 Å². The summed E-state index contributed by atoms with van der Waals surface area (Å²) in [5.74, 6) is 0.313. The van der Waals surface area contributed by atoms with Gasteiger partial charge < -0.3 is 8.98 Å². The molecule has 4 heterocycles. The van der Waals surface area contributed by atoms with Gasteiger partial charge in [0, 0.05) is 43.6 Å². The Kier molecular flexibility index (Phi) is 6.75. The lowest BCUT2D eigenvalue weighted by Gasteiger charge is -2.13. The second-order valence-corrected chi connectivity index (χ2v) is 15.7. The van der Waals surface area contributed by atoms with Gasteiger partial charge in [-0.05, 0) is 70.8 Å². The van der Waals surface area contributed by atoms with Crippen molar-refractivity contribution >= 4 is 65.6 Å². The Morgan fingerprint density at radius 2 is 0.937 bits per heavy atom. The molecule has 4 aromatic heterocycles. The minimum atomic E-state index is -0.508. The van der Waals surface area contributed by atoms with Gasteiger partial charge in [0.05, 0.1) is 34.5 Å². The Hall–Kier alpha value is -8.61. The van der Waals surface area contributed by atoms with Crippen LogP contribution in [0.3, 0.4) is 0 Å². The van der Waals surface area contributed by atoms with Crippen molar-refractivity contribution in [3.8, 4) is 56.7 Å². The number of hydrogen-bond donors (Lipinski definition) is 0. The van der Waals surface area contributed by atoms with Gasteiger partial charge in [-0.2, -0.15) is 9.97 Å². The quantitative estimate of drug-likeness (QED) is 0.168. The van der Waals surface area contributed by atoms with Gasteiger partial charge in [0.15, 0.2) is 11.6 Å². The number of rotatable bonds is 6. The molecule has 0 amide bonds. The number of nitrogens with zero attached hydrogens (tertiary/aromatic N) is 5. The molecule has 63 heavy (non-hydrogen) atoms. The van der Waals surface area contributed by atoms with Crippen LogP contribution in [0.5, 0.6) is 0 Å². The maximum Gasteiger partial charge on any atom is 0.238 e. The first-order valence-electron chi connectivity index (χ1n) is 23.3. The number of fused-ring (bicyclic) bond motifs is 9. The summed E-state index contributed by atoms with van der Waals surface area (Å²) in [7, 11) is 0. The second kappa shape index (κ2) is 14.0. The summed E-state index contributed by atoms with van der Waals surface area (Å²) in [6, 6.07) is 59.4. The molecule has 0 atom stereocenters. The Bertz CT molecular complexity index is 4140. The first kappa shape index (κ1) is 30.4. The van der Waals surface area contributed by atoms with Crippen LogP contribution in [0.15, 0.2) is 217 Å². The third-order valence-electron chi connectivity index (χ3n) is 12.1. The molecule has 0 N–H and O–H groups in total. The minimum absolute atomic E-state index is 0.0787. The molecule has 0 bridgehead atoms. The van der Waals surface area contributed by atoms with Gasteiger partial charge in [0.25, 0.3) is 0 Å². The van der Waals surface area contributed by atoms with Crippen molar-refractivity contribution in [1.82, 2.24) is 24.1 Å². The van der Waals surface area contributed by atoms with E-state index in [9.17, 15) is 0 Å². The van der Waals surface area contributed by atoms with Crippen LogP contribution in [0.4, 0.5) is 0 Å². The summed E-state index contributed by atoms with van der Waals surface area (Å²) < 4.78 is 55.3. The standard InChI is InChI=1S/C57H35N5O/c1-4-16-36(17-5-1)39-29-31-53-46(32-39)47-34-41(61-49-25-13-10-22-42(49)43-23-11-14-26-50(43)61)35-48(54(47)63-53)56-58-55(38-20-8-3-9-21-38)59-57(60-56)62-51-27-15-12-24-44(51)45-30-28-40(33-52(45)62)37-18-6-2-7-19-37/h1-35H/i3D,8D,9D,20D,21D. The Morgan fingerprint density at radius 3 is 1.60 bits per heavy atom. The Balaban J connectivity index is 1.17. The highest BCUT2D eigenvalue weighted by Crippen LogP contribution is 2.42. The first-order chi connectivity index (χ1) is 33.3. The van der Waals surface area contributed by atoms with Gasteiger partial charge in [-0.3, -0.25) is 4.57 Å². The monoisotopic (exact) mass is 810 g/mol. The number of aromatic nitrogens is 5. The zero-order valence-electron chi connectivity index (χ0n) is 38.5. The van der Waals surface area contributed by atoms with Gasteiger partial charge >= 0.3 is 0 Å². The fourth-order valence-electron chi connectivity index (χ4n) is 9.22. The largest absolute Gasteiger partial charge is 0.455 e. The predicted molar refractivity (Wildman–Crippen MR) is 258 cm³/mol. The van der Waals surface area contributed by atoms with Gasteiger partial charge in [-0.1, -0.05) is 164 Å². The van der Waals surface area contributed by atoms with Crippen LogP contribution >= 0.6 is 0 Å². The topological polar surface area (TPSA) is 61.7 Å². The van der Waals surface area contributed by atoms with Gasteiger partial charge in [-0.25, -0.2) is 4.98 Å². The van der Waals surface area contributed by atoms with E-state index in [4.69, 9.17) is 26.2 Å². The van der Waals surface area contributed by atoms with Crippen LogP contribution in [0.25, 0.3) is 122 Å². The first-order valence-corrected chi connectivity index (χ1v) is 20.8. The normalized spacial score (nSPS) is 12.9. The van der Waals surface area contributed by atoms with E-state index in [2.05, 4.69) is 95.6 Å². The maximum atomic E-state index is 9.15. The third-order valence-corrected chi connectivity index (χ3v) is 12.1. The van der Waals surface area contributed by atoms with Crippen molar-refractivity contribution < 1.29 is 11.3 Å². The zero-order valence-corrected chi connectivity index (χ0v) is 33.5. The van der Waals surface area contributed by atoms with Gasteiger partial charge in [0.1, 0.15) is 11.2 Å². The number of furan rings is 1. The lowest BCUT2D eigenvalue weighted by molar-refractivity contribution is 0.669. The average Bonchev–Trinajstić information content (AvgIpc) is 4.05. The van der Waals surface area contributed by atoms with E-state index in [0.717, 1.165) is 82.3 Å². The summed E-state index contributed by atoms with van der Waals surface area (Å²) in [4.78, 5) is 15.5. The van der Waals surface area contributed by atoms with E-state index in [1.165, 1.54) is 0 Å². The van der Waals surface area contributed by atoms with E-state index < -0.39 is 30.2 Å². The van der Waals surface area contributed by atoms with Crippen molar-refractivity contribution in [2.75, 3.05) is 0 Å². The number of para-hydroxylation sites is 3. The lowest BCUT2D eigenvalue weighted by atomic mass is 10.0. The molecule has 0 aliphatic rings. The fourth-order valence-corrected chi connectivity index (χ4v) is 9.22. The smallest absolute Gasteiger partial charge is 0.238 e. The molecule has 0 spiro atoms. The summed E-state index contributed by atoms with van der Waals surface area (Å²) in [6.07, 6.45) is 0. The molecule has 6 heteroatoms. The summed E-state index contributed by atoms with van der Waals surface area (Å²) in [6.45, 7) is 0. The van der Waals surface area contributed by atoms with Crippen LogP contribution in [0.1, 0.15) is 6.85 Å². The molecule has 13 rings (SSSR count). The molecule has 9 aromatic carbocycles. The fraction of sp³-hybridized carbons (Fsp3) is 0. The van der Waals surface area contributed by atoms with E-state index in [1.807, 2.05) is 95.6 Å².